The highest BCUT2D eigenvalue weighted by Crippen LogP contribution is 2.30. The molecule has 1 N–H and O–H groups in total. The van der Waals surface area contributed by atoms with Crippen LogP contribution in [0.25, 0.3) is 0 Å². The molecule has 1 saturated heterocycles. The van der Waals surface area contributed by atoms with E-state index < -0.39 is 10.0 Å². The summed E-state index contributed by atoms with van der Waals surface area (Å²) in [4.78, 5) is 0.273. The molecular weight excluding hydrogens is 298 g/mol. The number of piperidine rings is 1. The van der Waals surface area contributed by atoms with Crippen molar-refractivity contribution in [2.45, 2.75) is 43.5 Å². The molecule has 2 rings (SSSR count). The molecule has 0 aromatic heterocycles. The number of aliphatic hydroxyl groups is 1. The second-order valence-corrected chi connectivity index (χ2v) is 7.41. The van der Waals surface area contributed by atoms with Gasteiger partial charge in [0, 0.05) is 24.2 Å². The molecule has 112 valence electrons. The topological polar surface area (TPSA) is 57.6 Å². The molecule has 0 aliphatic carbocycles. The Labute approximate surface area is 125 Å². The molecule has 0 amide bonds. The highest BCUT2D eigenvalue weighted by atomic mass is 35.5. The van der Waals surface area contributed by atoms with Crippen molar-refractivity contribution in [2.24, 2.45) is 0 Å². The fraction of sp³-hybridized carbons (Fsp3) is 0.571. The van der Waals surface area contributed by atoms with E-state index in [0.29, 0.717) is 23.6 Å². The predicted molar refractivity (Wildman–Crippen MR) is 79.4 cm³/mol. The Hall–Kier alpha value is -0.620. The van der Waals surface area contributed by atoms with Gasteiger partial charge < -0.3 is 5.11 Å². The quantitative estimate of drug-likeness (QED) is 0.928. The highest BCUT2D eigenvalue weighted by Gasteiger charge is 2.34. The lowest BCUT2D eigenvalue weighted by molar-refractivity contribution is 0.192. The van der Waals surface area contributed by atoms with Crippen LogP contribution in [-0.2, 0) is 10.0 Å². The summed E-state index contributed by atoms with van der Waals surface area (Å²) in [5.74, 6) is 0. The summed E-state index contributed by atoms with van der Waals surface area (Å²) in [5.41, 5.74) is 0.586. The van der Waals surface area contributed by atoms with E-state index >= 15 is 0 Å². The second kappa shape index (κ2) is 6.43. The molecule has 0 radical (unpaired) electrons. The molecule has 1 aromatic carbocycles. The smallest absolute Gasteiger partial charge is 0.243 e. The SMILES string of the molecule is Cc1c(Cl)cccc1S(=O)(=O)N1CCCCC1CCO. The Balaban J connectivity index is 2.40. The van der Waals surface area contributed by atoms with E-state index in [1.165, 1.54) is 4.31 Å². The summed E-state index contributed by atoms with van der Waals surface area (Å²) in [7, 11) is -3.55. The van der Waals surface area contributed by atoms with Crippen LogP contribution in [0.2, 0.25) is 5.02 Å². The zero-order valence-corrected chi connectivity index (χ0v) is 13.1. The molecule has 20 heavy (non-hydrogen) atoms. The normalized spacial score (nSPS) is 21.1. The third kappa shape index (κ3) is 3.01. The zero-order chi connectivity index (χ0) is 14.8. The Kier molecular flexibility index (Phi) is 5.07. The van der Waals surface area contributed by atoms with E-state index in [1.54, 1.807) is 25.1 Å². The average molecular weight is 318 g/mol. The number of aliphatic hydroxyl groups excluding tert-OH is 1. The minimum atomic E-state index is -3.55. The molecule has 4 nitrogen and oxygen atoms in total. The van der Waals surface area contributed by atoms with Crippen LogP contribution in [0.3, 0.4) is 0 Å². The highest BCUT2D eigenvalue weighted by molar-refractivity contribution is 7.89. The molecule has 0 bridgehead atoms. The van der Waals surface area contributed by atoms with Crippen molar-refractivity contribution in [1.29, 1.82) is 0 Å². The number of sulfonamides is 1. The fourth-order valence-electron chi connectivity index (χ4n) is 2.72. The van der Waals surface area contributed by atoms with E-state index in [-0.39, 0.29) is 17.5 Å². The Morgan fingerprint density at radius 2 is 2.15 bits per heavy atom. The maximum absolute atomic E-state index is 12.8. The monoisotopic (exact) mass is 317 g/mol. The van der Waals surface area contributed by atoms with Crippen LogP contribution in [0.4, 0.5) is 0 Å². The van der Waals surface area contributed by atoms with Crippen molar-refractivity contribution in [3.05, 3.63) is 28.8 Å². The summed E-state index contributed by atoms with van der Waals surface area (Å²) in [6.07, 6.45) is 3.16. The summed E-state index contributed by atoms with van der Waals surface area (Å²) < 4.78 is 27.2. The van der Waals surface area contributed by atoms with Crippen LogP contribution in [-0.4, -0.2) is 37.0 Å². The number of nitrogens with zero attached hydrogens (tertiary/aromatic N) is 1. The first-order valence-corrected chi connectivity index (χ1v) is 8.68. The molecule has 1 heterocycles. The van der Waals surface area contributed by atoms with Crippen LogP contribution < -0.4 is 0 Å². The van der Waals surface area contributed by atoms with Crippen molar-refractivity contribution < 1.29 is 13.5 Å². The molecule has 0 spiro atoms. The van der Waals surface area contributed by atoms with E-state index in [2.05, 4.69) is 0 Å². The first-order chi connectivity index (χ1) is 9.48. The molecule has 1 aliphatic rings. The molecule has 1 aliphatic heterocycles. The van der Waals surface area contributed by atoms with Gasteiger partial charge in [-0.05, 0) is 43.9 Å². The van der Waals surface area contributed by atoms with Crippen LogP contribution in [0, 0.1) is 6.92 Å². The van der Waals surface area contributed by atoms with Crippen LogP contribution in [0.5, 0.6) is 0 Å². The van der Waals surface area contributed by atoms with E-state index in [0.717, 1.165) is 19.3 Å². The fourth-order valence-corrected chi connectivity index (χ4v) is 4.92. The minimum absolute atomic E-state index is 0.00517. The van der Waals surface area contributed by atoms with Crippen molar-refractivity contribution in [3.8, 4) is 0 Å². The van der Waals surface area contributed by atoms with Crippen LogP contribution in [0.1, 0.15) is 31.2 Å². The molecule has 6 heteroatoms. The Bertz CT molecular complexity index is 572. The van der Waals surface area contributed by atoms with Gasteiger partial charge in [0.15, 0.2) is 0 Å². The summed E-state index contributed by atoms with van der Waals surface area (Å²) in [5, 5.41) is 9.59. The van der Waals surface area contributed by atoms with Gasteiger partial charge in [0.2, 0.25) is 10.0 Å². The lowest BCUT2D eigenvalue weighted by Crippen LogP contribution is -2.44. The van der Waals surface area contributed by atoms with Crippen molar-refractivity contribution in [2.75, 3.05) is 13.2 Å². The molecule has 1 unspecified atom stereocenters. The van der Waals surface area contributed by atoms with E-state index in [9.17, 15) is 8.42 Å². The van der Waals surface area contributed by atoms with Crippen LogP contribution in [0.15, 0.2) is 23.1 Å². The maximum atomic E-state index is 12.8. The van der Waals surface area contributed by atoms with Gasteiger partial charge in [-0.1, -0.05) is 24.1 Å². The average Bonchev–Trinajstić information content (AvgIpc) is 2.42. The predicted octanol–water partition coefficient (Wildman–Crippen LogP) is 2.57. The van der Waals surface area contributed by atoms with Crippen molar-refractivity contribution in [1.82, 2.24) is 4.31 Å². The summed E-state index contributed by atoms with van der Waals surface area (Å²) >= 11 is 6.03. The number of hydrogen-bond donors (Lipinski definition) is 1. The molecule has 1 aromatic rings. The van der Waals surface area contributed by atoms with Gasteiger partial charge in [-0.3, -0.25) is 0 Å². The van der Waals surface area contributed by atoms with Gasteiger partial charge in [0.1, 0.15) is 0 Å². The Morgan fingerprint density at radius 1 is 1.40 bits per heavy atom. The largest absolute Gasteiger partial charge is 0.396 e. The van der Waals surface area contributed by atoms with Gasteiger partial charge in [-0.15, -0.1) is 0 Å². The molecular formula is C14H20ClNO3S. The Morgan fingerprint density at radius 3 is 2.85 bits per heavy atom. The number of halogens is 1. The van der Waals surface area contributed by atoms with Gasteiger partial charge >= 0.3 is 0 Å². The number of benzene rings is 1. The first-order valence-electron chi connectivity index (χ1n) is 6.86. The van der Waals surface area contributed by atoms with E-state index in [1.807, 2.05) is 0 Å². The van der Waals surface area contributed by atoms with Crippen molar-refractivity contribution in [3.63, 3.8) is 0 Å². The lowest BCUT2D eigenvalue weighted by Gasteiger charge is -2.34. The van der Waals surface area contributed by atoms with Crippen LogP contribution >= 0.6 is 11.6 Å². The third-order valence-corrected chi connectivity index (χ3v) is 6.35. The van der Waals surface area contributed by atoms with Gasteiger partial charge in [-0.2, -0.15) is 4.31 Å². The zero-order valence-electron chi connectivity index (χ0n) is 11.5. The van der Waals surface area contributed by atoms with Crippen molar-refractivity contribution >= 4 is 21.6 Å². The molecule has 1 fully saturated rings. The maximum Gasteiger partial charge on any atom is 0.243 e. The lowest BCUT2D eigenvalue weighted by atomic mass is 10.0. The number of hydrogen-bond acceptors (Lipinski definition) is 3. The summed E-state index contributed by atoms with van der Waals surface area (Å²) in [6.45, 7) is 2.24. The standard InChI is InChI=1S/C14H20ClNO3S/c1-11-13(15)6-4-7-14(11)20(18,19)16-9-3-2-5-12(16)8-10-17/h4,6-7,12,17H,2-3,5,8-10H2,1H3. The third-order valence-electron chi connectivity index (χ3n) is 3.84. The first kappa shape index (κ1) is 15.8. The summed E-state index contributed by atoms with van der Waals surface area (Å²) in [6, 6.07) is 4.84. The second-order valence-electron chi connectivity index (χ2n) is 5.14. The number of rotatable bonds is 4. The van der Waals surface area contributed by atoms with Gasteiger partial charge in [-0.25, -0.2) is 8.42 Å². The van der Waals surface area contributed by atoms with E-state index in [4.69, 9.17) is 16.7 Å². The molecule has 1 atom stereocenters. The molecule has 0 saturated carbocycles. The minimum Gasteiger partial charge on any atom is -0.396 e. The van der Waals surface area contributed by atoms with Gasteiger partial charge in [0.05, 0.1) is 4.90 Å². The van der Waals surface area contributed by atoms with Gasteiger partial charge in [0.25, 0.3) is 0 Å².